The number of aryl methyl sites for hydroxylation is 2. The molecule has 28 heavy (non-hydrogen) atoms. The standard InChI is InChI=1S/C20H20N2O5S/c1-11-13(3)28-19-17(11)20(25)22(10-21-19)9-16(23)27-12(2)18(24)14-5-7-15(26-4)8-6-14/h5-8,10,12H,9H2,1-4H3/t12-/m0/s1. The van der Waals surface area contributed by atoms with E-state index in [0.29, 0.717) is 21.5 Å². The third-order valence-electron chi connectivity index (χ3n) is 4.51. The van der Waals surface area contributed by atoms with Gasteiger partial charge < -0.3 is 9.47 Å². The fourth-order valence-corrected chi connectivity index (χ4v) is 3.79. The van der Waals surface area contributed by atoms with E-state index in [9.17, 15) is 14.4 Å². The number of nitrogens with zero attached hydrogens (tertiary/aromatic N) is 2. The van der Waals surface area contributed by atoms with Crippen molar-refractivity contribution < 1.29 is 19.1 Å². The highest BCUT2D eigenvalue weighted by atomic mass is 32.1. The van der Waals surface area contributed by atoms with Crippen LogP contribution in [0.4, 0.5) is 0 Å². The van der Waals surface area contributed by atoms with Crippen molar-refractivity contribution in [1.82, 2.24) is 9.55 Å². The zero-order chi connectivity index (χ0) is 20.4. The molecule has 0 aliphatic rings. The first-order valence-electron chi connectivity index (χ1n) is 8.64. The molecule has 0 N–H and O–H groups in total. The number of rotatable bonds is 6. The molecule has 0 saturated carbocycles. The summed E-state index contributed by atoms with van der Waals surface area (Å²) in [4.78, 5) is 43.2. The van der Waals surface area contributed by atoms with E-state index in [-0.39, 0.29) is 17.9 Å². The topological polar surface area (TPSA) is 87.5 Å². The molecule has 0 aliphatic carbocycles. The Balaban J connectivity index is 1.72. The molecule has 1 aromatic carbocycles. The first kappa shape index (κ1) is 19.8. The van der Waals surface area contributed by atoms with Crippen molar-refractivity contribution >= 4 is 33.3 Å². The van der Waals surface area contributed by atoms with Crippen molar-refractivity contribution in [3.05, 3.63) is 57.0 Å². The summed E-state index contributed by atoms with van der Waals surface area (Å²) in [6.45, 7) is 4.97. The van der Waals surface area contributed by atoms with Gasteiger partial charge in [-0.05, 0) is 50.6 Å². The number of benzene rings is 1. The zero-order valence-electron chi connectivity index (χ0n) is 16.0. The molecule has 0 fully saturated rings. The van der Waals surface area contributed by atoms with Gasteiger partial charge in [0.25, 0.3) is 5.56 Å². The highest BCUT2D eigenvalue weighted by molar-refractivity contribution is 7.18. The number of hydrogen-bond acceptors (Lipinski definition) is 7. The van der Waals surface area contributed by atoms with Crippen LogP contribution in [-0.4, -0.2) is 34.5 Å². The molecule has 7 nitrogen and oxygen atoms in total. The molecular formula is C20H20N2O5S. The molecular weight excluding hydrogens is 380 g/mol. The van der Waals surface area contributed by atoms with E-state index >= 15 is 0 Å². The van der Waals surface area contributed by atoms with Crippen LogP contribution < -0.4 is 10.3 Å². The molecule has 2 aromatic heterocycles. The molecule has 3 rings (SSSR count). The van der Waals surface area contributed by atoms with E-state index < -0.39 is 12.1 Å². The lowest BCUT2D eigenvalue weighted by Gasteiger charge is -2.13. The third-order valence-corrected chi connectivity index (χ3v) is 5.62. The predicted molar refractivity (Wildman–Crippen MR) is 106 cm³/mol. The maximum absolute atomic E-state index is 12.6. The Kier molecular flexibility index (Phi) is 5.60. The summed E-state index contributed by atoms with van der Waals surface area (Å²) in [6, 6.07) is 6.53. The summed E-state index contributed by atoms with van der Waals surface area (Å²) >= 11 is 1.44. The summed E-state index contributed by atoms with van der Waals surface area (Å²) < 4.78 is 11.5. The Labute approximate surface area is 165 Å². The molecule has 0 unspecified atom stereocenters. The number of esters is 1. The van der Waals surface area contributed by atoms with Crippen molar-refractivity contribution in [2.24, 2.45) is 0 Å². The van der Waals surface area contributed by atoms with Crippen LogP contribution in [0.5, 0.6) is 5.75 Å². The fraction of sp³-hybridized carbons (Fsp3) is 0.300. The summed E-state index contributed by atoms with van der Waals surface area (Å²) in [7, 11) is 1.54. The Morgan fingerprint density at radius 1 is 1.21 bits per heavy atom. The first-order chi connectivity index (χ1) is 13.3. The van der Waals surface area contributed by atoms with E-state index in [1.54, 1.807) is 24.3 Å². The number of thiophene rings is 1. The summed E-state index contributed by atoms with van der Waals surface area (Å²) in [5.74, 6) is -0.383. The summed E-state index contributed by atoms with van der Waals surface area (Å²) in [5.41, 5.74) is 0.979. The number of Topliss-reactive ketones (excluding diaryl/α,β-unsaturated/α-hetero) is 1. The summed E-state index contributed by atoms with van der Waals surface area (Å²) in [6.07, 6.45) is 0.357. The first-order valence-corrected chi connectivity index (χ1v) is 9.46. The van der Waals surface area contributed by atoms with Crippen LogP contribution in [0.2, 0.25) is 0 Å². The SMILES string of the molecule is COc1ccc(C(=O)[C@H](C)OC(=O)Cn2cnc3sc(C)c(C)c3c2=O)cc1. The van der Waals surface area contributed by atoms with Gasteiger partial charge in [-0.15, -0.1) is 11.3 Å². The van der Waals surface area contributed by atoms with Crippen LogP contribution in [0.1, 0.15) is 27.7 Å². The second-order valence-corrected chi connectivity index (χ2v) is 7.57. The van der Waals surface area contributed by atoms with Crippen molar-refractivity contribution in [1.29, 1.82) is 0 Å². The molecule has 8 heteroatoms. The molecule has 3 aromatic rings. The van der Waals surface area contributed by atoms with E-state index in [0.717, 1.165) is 10.4 Å². The number of ketones is 1. The Morgan fingerprint density at radius 2 is 1.89 bits per heavy atom. The summed E-state index contributed by atoms with van der Waals surface area (Å²) in [5, 5.41) is 0.514. The lowest BCUT2D eigenvalue weighted by atomic mass is 10.1. The Morgan fingerprint density at radius 3 is 2.54 bits per heavy atom. The van der Waals surface area contributed by atoms with Crippen LogP contribution >= 0.6 is 11.3 Å². The van der Waals surface area contributed by atoms with Gasteiger partial charge >= 0.3 is 5.97 Å². The van der Waals surface area contributed by atoms with Crippen molar-refractivity contribution in [3.63, 3.8) is 0 Å². The van der Waals surface area contributed by atoms with Gasteiger partial charge in [-0.3, -0.25) is 19.0 Å². The zero-order valence-corrected chi connectivity index (χ0v) is 16.8. The minimum Gasteiger partial charge on any atom is -0.497 e. The van der Waals surface area contributed by atoms with Gasteiger partial charge in [0.1, 0.15) is 17.1 Å². The van der Waals surface area contributed by atoms with E-state index in [2.05, 4.69) is 4.98 Å². The van der Waals surface area contributed by atoms with E-state index in [1.807, 2.05) is 13.8 Å². The van der Waals surface area contributed by atoms with Crippen LogP contribution in [0.25, 0.3) is 10.2 Å². The average molecular weight is 400 g/mol. The van der Waals surface area contributed by atoms with Gasteiger partial charge in [0, 0.05) is 10.4 Å². The number of carbonyl (C=O) groups is 2. The van der Waals surface area contributed by atoms with E-state index in [1.165, 1.54) is 36.3 Å². The molecule has 0 radical (unpaired) electrons. The van der Waals surface area contributed by atoms with Gasteiger partial charge in [0.05, 0.1) is 18.8 Å². The maximum Gasteiger partial charge on any atom is 0.326 e. The van der Waals surface area contributed by atoms with Crippen molar-refractivity contribution in [3.8, 4) is 5.75 Å². The molecule has 0 saturated heterocycles. The molecule has 146 valence electrons. The number of ether oxygens (including phenoxy) is 2. The molecule has 0 bridgehead atoms. The molecule has 1 atom stereocenters. The van der Waals surface area contributed by atoms with Gasteiger partial charge in [-0.1, -0.05) is 0 Å². The second-order valence-electron chi connectivity index (χ2n) is 6.37. The number of fused-ring (bicyclic) bond motifs is 1. The van der Waals surface area contributed by atoms with Crippen LogP contribution in [0.15, 0.2) is 35.4 Å². The van der Waals surface area contributed by atoms with E-state index in [4.69, 9.17) is 9.47 Å². The number of aromatic nitrogens is 2. The molecule has 0 amide bonds. The fourth-order valence-electron chi connectivity index (χ4n) is 2.80. The van der Waals surface area contributed by atoms with Crippen LogP contribution in [0, 0.1) is 13.8 Å². The molecule has 0 aliphatic heterocycles. The van der Waals surface area contributed by atoms with Gasteiger partial charge in [0.15, 0.2) is 6.10 Å². The highest BCUT2D eigenvalue weighted by Crippen LogP contribution is 2.25. The predicted octanol–water partition coefficient (Wildman–Crippen LogP) is 2.90. The highest BCUT2D eigenvalue weighted by Gasteiger charge is 2.21. The van der Waals surface area contributed by atoms with Gasteiger partial charge in [-0.25, -0.2) is 4.98 Å². The van der Waals surface area contributed by atoms with Crippen LogP contribution in [-0.2, 0) is 16.1 Å². The van der Waals surface area contributed by atoms with Gasteiger partial charge in [0.2, 0.25) is 5.78 Å². The molecule has 0 spiro atoms. The number of hydrogen-bond donors (Lipinski definition) is 0. The number of carbonyl (C=O) groups excluding carboxylic acids is 2. The lowest BCUT2D eigenvalue weighted by Crippen LogP contribution is -2.30. The average Bonchev–Trinajstić information content (AvgIpc) is 2.98. The van der Waals surface area contributed by atoms with Gasteiger partial charge in [-0.2, -0.15) is 0 Å². The minimum atomic E-state index is -0.974. The largest absolute Gasteiger partial charge is 0.497 e. The van der Waals surface area contributed by atoms with Crippen LogP contribution in [0.3, 0.4) is 0 Å². The maximum atomic E-state index is 12.6. The smallest absolute Gasteiger partial charge is 0.326 e. The molecule has 2 heterocycles. The number of methoxy groups -OCH3 is 1. The minimum absolute atomic E-state index is 0.294. The normalized spacial score (nSPS) is 12.0. The quantitative estimate of drug-likeness (QED) is 0.467. The van der Waals surface area contributed by atoms with Crippen molar-refractivity contribution in [2.45, 2.75) is 33.4 Å². The monoisotopic (exact) mass is 400 g/mol. The Bertz CT molecular complexity index is 1100. The van der Waals surface area contributed by atoms with Crippen molar-refractivity contribution in [2.75, 3.05) is 7.11 Å². The third kappa shape index (κ3) is 3.82. The lowest BCUT2D eigenvalue weighted by molar-refractivity contribution is -0.147. The Hall–Kier alpha value is -3.00. The second kappa shape index (κ2) is 7.93.